The largest absolute Gasteiger partial charge is 0.488 e. The van der Waals surface area contributed by atoms with E-state index in [1.807, 2.05) is 0 Å². The van der Waals surface area contributed by atoms with Gasteiger partial charge in [0.15, 0.2) is 0 Å². The van der Waals surface area contributed by atoms with Crippen LogP contribution < -0.4 is 20.1 Å². The third-order valence-corrected chi connectivity index (χ3v) is 4.95. The van der Waals surface area contributed by atoms with E-state index in [0.29, 0.717) is 13.1 Å². The lowest BCUT2D eigenvalue weighted by Gasteiger charge is -2.31. The zero-order chi connectivity index (χ0) is 24.7. The van der Waals surface area contributed by atoms with Gasteiger partial charge in [-0.15, -0.1) is 0 Å². The Hall–Kier alpha value is -3.92. The number of benzene rings is 2. The number of carbonyl (C=O) groups is 2. The molecule has 4 N–H and O–H groups in total. The quantitative estimate of drug-likeness (QED) is 0.330. The van der Waals surface area contributed by atoms with Crippen LogP contribution in [0.15, 0.2) is 48.7 Å². The van der Waals surface area contributed by atoms with Crippen LogP contribution in [0, 0.1) is 11.2 Å². The summed E-state index contributed by atoms with van der Waals surface area (Å²) in [6, 6.07) is 8.29. The highest BCUT2D eigenvalue weighted by Crippen LogP contribution is 2.29. The molecule has 0 aliphatic carbocycles. The molecule has 0 unspecified atom stereocenters. The van der Waals surface area contributed by atoms with E-state index >= 15 is 0 Å². The van der Waals surface area contributed by atoms with Crippen molar-refractivity contribution in [2.45, 2.75) is 19.4 Å². The molecule has 2 aromatic rings. The summed E-state index contributed by atoms with van der Waals surface area (Å²) in [7, 11) is 1.66. The summed E-state index contributed by atoms with van der Waals surface area (Å²) in [6.45, 7) is 2.63. The van der Waals surface area contributed by atoms with Gasteiger partial charge in [0.1, 0.15) is 35.0 Å². The lowest BCUT2D eigenvalue weighted by Crippen LogP contribution is -2.42. The van der Waals surface area contributed by atoms with E-state index in [-0.39, 0.29) is 46.7 Å². The van der Waals surface area contributed by atoms with E-state index in [4.69, 9.17) is 14.9 Å². The maximum atomic E-state index is 14.6. The molecule has 0 aromatic heterocycles. The number of nitrogens with one attached hydrogen (secondary N) is 3. The Morgan fingerprint density at radius 1 is 1.21 bits per heavy atom. The molecule has 34 heavy (non-hydrogen) atoms. The summed E-state index contributed by atoms with van der Waals surface area (Å²) < 4.78 is 26.0. The van der Waals surface area contributed by atoms with Crippen molar-refractivity contribution in [2.24, 2.45) is 0 Å². The first-order valence-electron chi connectivity index (χ1n) is 10.7. The summed E-state index contributed by atoms with van der Waals surface area (Å²) in [6.07, 6.45) is 3.22. The van der Waals surface area contributed by atoms with Crippen molar-refractivity contribution in [1.82, 2.24) is 15.5 Å². The predicted octanol–water partition coefficient (Wildman–Crippen LogP) is 2.66. The average Bonchev–Trinajstić information content (AvgIpc) is 2.76. The standard InChI is InChI=1S/C24H27FN4O5/c1-15(14-30)33-18-10-16(23(31)28-22(26)6-7-27-2)11-19(12-18)34-17-4-5-20(21(25)13-17)24(32)29-8-3-9-29/h4-7,10-13,15,27,30H,3,8-9,14H2,1-2H3,(H2,26,28,31)/b7-6-/t15-/m0/s1. The molecule has 2 amide bonds. The Labute approximate surface area is 196 Å². The summed E-state index contributed by atoms with van der Waals surface area (Å²) in [5.74, 6) is -1.25. The summed E-state index contributed by atoms with van der Waals surface area (Å²) >= 11 is 0. The lowest BCUT2D eigenvalue weighted by molar-refractivity contribution is 0.0646. The molecule has 0 bridgehead atoms. The summed E-state index contributed by atoms with van der Waals surface area (Å²) in [5.41, 5.74) is 0.0967. The van der Waals surface area contributed by atoms with Gasteiger partial charge < -0.3 is 30.1 Å². The van der Waals surface area contributed by atoms with Crippen molar-refractivity contribution in [3.63, 3.8) is 0 Å². The monoisotopic (exact) mass is 470 g/mol. The Kier molecular flexibility index (Phi) is 8.20. The molecule has 0 spiro atoms. The second kappa shape index (κ2) is 11.3. The highest BCUT2D eigenvalue weighted by atomic mass is 19.1. The van der Waals surface area contributed by atoms with Gasteiger partial charge in [-0.25, -0.2) is 4.39 Å². The Morgan fingerprint density at radius 3 is 2.56 bits per heavy atom. The normalized spacial score (nSPS) is 13.7. The van der Waals surface area contributed by atoms with Gasteiger partial charge >= 0.3 is 0 Å². The lowest BCUT2D eigenvalue weighted by atomic mass is 10.1. The van der Waals surface area contributed by atoms with Crippen molar-refractivity contribution in [3.8, 4) is 17.2 Å². The molecule has 1 saturated heterocycles. The number of amides is 2. The SMILES string of the molecule is CN/C=C\C(=N)NC(=O)c1cc(Oc2ccc(C(=O)N3CCC3)c(F)c2)cc(O[C@@H](C)CO)c1. The van der Waals surface area contributed by atoms with Crippen molar-refractivity contribution in [3.05, 3.63) is 65.6 Å². The number of aliphatic hydroxyl groups excluding tert-OH is 1. The van der Waals surface area contributed by atoms with Gasteiger partial charge in [-0.3, -0.25) is 15.0 Å². The average molecular weight is 471 g/mol. The Bertz CT molecular complexity index is 1100. The van der Waals surface area contributed by atoms with Gasteiger partial charge in [0.2, 0.25) is 0 Å². The number of nitrogens with zero attached hydrogens (tertiary/aromatic N) is 1. The maximum Gasteiger partial charge on any atom is 0.257 e. The van der Waals surface area contributed by atoms with Crippen LogP contribution in [0.2, 0.25) is 0 Å². The van der Waals surface area contributed by atoms with Crippen LogP contribution in [-0.2, 0) is 0 Å². The second-order valence-electron chi connectivity index (χ2n) is 7.68. The van der Waals surface area contributed by atoms with E-state index in [1.54, 1.807) is 18.9 Å². The third-order valence-electron chi connectivity index (χ3n) is 4.95. The fraction of sp³-hybridized carbons (Fsp3) is 0.292. The van der Waals surface area contributed by atoms with E-state index in [9.17, 15) is 19.1 Å². The van der Waals surface area contributed by atoms with Gasteiger partial charge in [-0.1, -0.05) is 0 Å². The minimum atomic E-state index is -0.710. The molecule has 3 rings (SSSR count). The first-order valence-corrected chi connectivity index (χ1v) is 10.7. The molecule has 180 valence electrons. The van der Waals surface area contributed by atoms with Crippen LogP contribution in [0.5, 0.6) is 17.2 Å². The zero-order valence-corrected chi connectivity index (χ0v) is 18.9. The number of likely N-dealkylation sites (tertiary alicyclic amines) is 1. The molecule has 10 heteroatoms. The molecule has 1 heterocycles. The molecular weight excluding hydrogens is 443 g/mol. The molecule has 0 radical (unpaired) electrons. The molecule has 1 fully saturated rings. The van der Waals surface area contributed by atoms with Crippen molar-refractivity contribution >= 4 is 17.6 Å². The molecule has 9 nitrogen and oxygen atoms in total. The molecule has 0 saturated carbocycles. The second-order valence-corrected chi connectivity index (χ2v) is 7.68. The summed E-state index contributed by atoms with van der Waals surface area (Å²) in [4.78, 5) is 26.5. The van der Waals surface area contributed by atoms with Crippen LogP contribution in [0.4, 0.5) is 4.39 Å². The first kappa shape index (κ1) is 24.7. The van der Waals surface area contributed by atoms with Crippen molar-refractivity contribution in [2.75, 3.05) is 26.7 Å². The Balaban J connectivity index is 1.83. The van der Waals surface area contributed by atoms with Crippen LogP contribution in [0.3, 0.4) is 0 Å². The molecule has 1 aliphatic rings. The van der Waals surface area contributed by atoms with Gasteiger partial charge in [-0.05, 0) is 49.9 Å². The number of rotatable bonds is 9. The molecular formula is C24H27FN4O5. The van der Waals surface area contributed by atoms with Crippen molar-refractivity contribution in [1.29, 1.82) is 5.41 Å². The fourth-order valence-electron chi connectivity index (χ4n) is 3.06. The Morgan fingerprint density at radius 2 is 1.94 bits per heavy atom. The van der Waals surface area contributed by atoms with E-state index < -0.39 is 17.8 Å². The predicted molar refractivity (Wildman–Crippen MR) is 124 cm³/mol. The highest BCUT2D eigenvalue weighted by Gasteiger charge is 2.24. The maximum absolute atomic E-state index is 14.6. The number of hydrogen-bond donors (Lipinski definition) is 4. The molecule has 1 aliphatic heterocycles. The zero-order valence-electron chi connectivity index (χ0n) is 18.9. The number of halogens is 1. The molecule has 1 atom stereocenters. The van der Waals surface area contributed by atoms with Gasteiger partial charge in [0.25, 0.3) is 11.8 Å². The van der Waals surface area contributed by atoms with Crippen LogP contribution >= 0.6 is 0 Å². The van der Waals surface area contributed by atoms with Crippen LogP contribution in [0.1, 0.15) is 34.1 Å². The number of amidine groups is 1. The fourth-order valence-corrected chi connectivity index (χ4v) is 3.06. The van der Waals surface area contributed by atoms with Gasteiger partial charge in [0.05, 0.1) is 12.2 Å². The smallest absolute Gasteiger partial charge is 0.257 e. The number of hydrogen-bond acceptors (Lipinski definition) is 7. The van der Waals surface area contributed by atoms with E-state index in [1.165, 1.54) is 42.6 Å². The number of ether oxygens (including phenoxy) is 2. The van der Waals surface area contributed by atoms with Crippen molar-refractivity contribution < 1.29 is 28.6 Å². The summed E-state index contributed by atoms with van der Waals surface area (Å²) in [5, 5.41) is 22.2. The van der Waals surface area contributed by atoms with Crippen LogP contribution in [0.25, 0.3) is 0 Å². The number of aliphatic hydroxyl groups is 1. The van der Waals surface area contributed by atoms with E-state index in [0.717, 1.165) is 12.5 Å². The van der Waals surface area contributed by atoms with Gasteiger partial charge in [-0.2, -0.15) is 0 Å². The topological polar surface area (TPSA) is 124 Å². The molecule has 2 aromatic carbocycles. The highest BCUT2D eigenvalue weighted by molar-refractivity contribution is 6.09. The minimum absolute atomic E-state index is 0.0332. The van der Waals surface area contributed by atoms with Crippen LogP contribution in [-0.4, -0.2) is 60.5 Å². The minimum Gasteiger partial charge on any atom is -0.488 e. The van der Waals surface area contributed by atoms with Gasteiger partial charge in [0, 0.05) is 37.8 Å². The number of carbonyl (C=O) groups excluding carboxylic acids is 2. The third kappa shape index (κ3) is 6.32. The van der Waals surface area contributed by atoms with E-state index in [2.05, 4.69) is 10.6 Å². The first-order chi connectivity index (χ1) is 16.3.